The molecule has 0 aliphatic carbocycles. The largest absolute Gasteiger partial charge is 0.425 e. The lowest BCUT2D eigenvalue weighted by Crippen LogP contribution is -2.26. The van der Waals surface area contributed by atoms with E-state index >= 15 is 0 Å². The highest BCUT2D eigenvalue weighted by Crippen LogP contribution is 2.34. The zero-order valence-corrected chi connectivity index (χ0v) is 16.2. The van der Waals surface area contributed by atoms with Crippen LogP contribution in [0.25, 0.3) is 0 Å². The Labute approximate surface area is 167 Å². The molecule has 3 rings (SSSR count). The fourth-order valence-electron chi connectivity index (χ4n) is 2.80. The van der Waals surface area contributed by atoms with Gasteiger partial charge in [-0.05, 0) is 65.0 Å². The Morgan fingerprint density at radius 2 is 2.00 bits per heavy atom. The highest BCUT2D eigenvalue weighted by atomic mass is 32.1. The van der Waals surface area contributed by atoms with Crippen molar-refractivity contribution in [3.8, 4) is 6.07 Å². The van der Waals surface area contributed by atoms with Gasteiger partial charge in [0, 0.05) is 6.54 Å². The summed E-state index contributed by atoms with van der Waals surface area (Å²) in [5.41, 5.74) is 0.933. The molecule has 6 nitrogen and oxygen atoms in total. The van der Waals surface area contributed by atoms with Gasteiger partial charge < -0.3 is 0 Å². The minimum absolute atomic E-state index is 0.0700. The first-order valence-electron chi connectivity index (χ1n) is 8.55. The van der Waals surface area contributed by atoms with Gasteiger partial charge in [-0.3, -0.25) is 5.32 Å². The normalized spacial score (nSPS) is 12.9. The number of benzene rings is 1. The number of aromatic nitrogens is 4. The third-order valence-electron chi connectivity index (χ3n) is 4.09. The fourth-order valence-corrected chi connectivity index (χ4v) is 3.58. The summed E-state index contributed by atoms with van der Waals surface area (Å²) in [5, 5.41) is 25.2. The van der Waals surface area contributed by atoms with E-state index in [1.165, 1.54) is 22.2 Å². The Hall–Kier alpha value is -2.84. The number of halogens is 4. The molecular weight excluding hydrogens is 408 g/mol. The molecule has 0 aliphatic heterocycles. The first kappa shape index (κ1) is 20.9. The van der Waals surface area contributed by atoms with Gasteiger partial charge in [-0.15, -0.1) is 16.4 Å². The summed E-state index contributed by atoms with van der Waals surface area (Å²) in [5.74, 6) is -0.245. The Bertz CT molecular complexity index is 1030. The maximum atomic E-state index is 14.0. The van der Waals surface area contributed by atoms with Crippen LogP contribution in [0.4, 0.5) is 17.6 Å². The van der Waals surface area contributed by atoms with Gasteiger partial charge in [-0.1, -0.05) is 0 Å². The average molecular weight is 424 g/mol. The highest BCUT2D eigenvalue weighted by Gasteiger charge is 2.32. The van der Waals surface area contributed by atoms with E-state index in [1.54, 1.807) is 0 Å². The lowest BCUT2D eigenvalue weighted by atomic mass is 10.0. The van der Waals surface area contributed by atoms with Gasteiger partial charge in [0.15, 0.2) is 5.82 Å². The fraction of sp³-hybridized carbons (Fsp3) is 0.333. The standard InChI is InChI=1S/C18H16F4N6S/c1-10(2)28-17(25-26-27-28)16(13-3-11(7-23)4-14(19)6-13)24-8-12-5-15(29-9-12)18(20,21)22/h3-6,9-10,16,24H,8H2,1-2H3. The number of tetrazole rings is 1. The quantitative estimate of drug-likeness (QED) is 0.600. The van der Waals surface area contributed by atoms with Crippen molar-refractivity contribution in [3.63, 3.8) is 0 Å². The predicted octanol–water partition coefficient (Wildman–Crippen LogP) is 4.22. The summed E-state index contributed by atoms with van der Waals surface area (Å²) in [7, 11) is 0. The number of hydrogen-bond acceptors (Lipinski definition) is 6. The first-order valence-corrected chi connectivity index (χ1v) is 9.43. The van der Waals surface area contributed by atoms with Gasteiger partial charge in [0.2, 0.25) is 0 Å². The predicted molar refractivity (Wildman–Crippen MR) is 97.3 cm³/mol. The van der Waals surface area contributed by atoms with E-state index in [0.29, 0.717) is 28.3 Å². The smallest absolute Gasteiger partial charge is 0.299 e. The molecule has 2 aromatic heterocycles. The Balaban J connectivity index is 1.95. The summed E-state index contributed by atoms with van der Waals surface area (Å²) in [4.78, 5) is -0.699. The van der Waals surface area contributed by atoms with Crippen molar-refractivity contribution >= 4 is 11.3 Å². The van der Waals surface area contributed by atoms with Gasteiger partial charge in [0.05, 0.1) is 23.7 Å². The summed E-state index contributed by atoms with van der Waals surface area (Å²) in [6.45, 7) is 3.79. The molecule has 1 unspecified atom stereocenters. The third kappa shape index (κ3) is 4.78. The van der Waals surface area contributed by atoms with Gasteiger partial charge in [0.1, 0.15) is 10.7 Å². The van der Waals surface area contributed by atoms with Crippen molar-refractivity contribution in [2.24, 2.45) is 0 Å². The van der Waals surface area contributed by atoms with Crippen molar-refractivity contribution < 1.29 is 17.6 Å². The van der Waals surface area contributed by atoms with Gasteiger partial charge in [-0.2, -0.15) is 18.4 Å². The van der Waals surface area contributed by atoms with E-state index in [4.69, 9.17) is 5.26 Å². The summed E-state index contributed by atoms with van der Waals surface area (Å²) >= 11 is 0.604. The van der Waals surface area contributed by atoms with E-state index in [1.807, 2.05) is 19.9 Å². The number of nitrogens with zero attached hydrogens (tertiary/aromatic N) is 5. The molecule has 1 aromatic carbocycles. The van der Waals surface area contributed by atoms with Crippen LogP contribution in [0.15, 0.2) is 29.6 Å². The molecule has 0 saturated carbocycles. The van der Waals surface area contributed by atoms with Crippen LogP contribution in [0.2, 0.25) is 0 Å². The second kappa shape index (κ2) is 8.26. The maximum Gasteiger partial charge on any atom is 0.425 e. The summed E-state index contributed by atoms with van der Waals surface area (Å²) < 4.78 is 54.1. The number of nitrogens with one attached hydrogen (secondary N) is 1. The number of nitriles is 1. The van der Waals surface area contributed by atoms with E-state index in [9.17, 15) is 17.6 Å². The Kier molecular flexibility index (Phi) is 5.95. The van der Waals surface area contributed by atoms with Crippen molar-refractivity contribution in [1.29, 1.82) is 5.26 Å². The van der Waals surface area contributed by atoms with Crippen molar-refractivity contribution in [2.75, 3.05) is 0 Å². The zero-order chi connectivity index (χ0) is 21.2. The monoisotopic (exact) mass is 424 g/mol. The lowest BCUT2D eigenvalue weighted by molar-refractivity contribution is -0.134. The van der Waals surface area contributed by atoms with Crippen LogP contribution in [0, 0.1) is 17.1 Å². The molecular formula is C18H16F4N6S. The Morgan fingerprint density at radius 3 is 2.62 bits per heavy atom. The molecule has 11 heteroatoms. The lowest BCUT2D eigenvalue weighted by Gasteiger charge is -2.20. The molecule has 29 heavy (non-hydrogen) atoms. The molecule has 0 aliphatic rings. The number of thiophene rings is 1. The van der Waals surface area contributed by atoms with Crippen LogP contribution < -0.4 is 5.32 Å². The molecule has 0 bridgehead atoms. The minimum atomic E-state index is -4.41. The van der Waals surface area contributed by atoms with Crippen LogP contribution in [-0.2, 0) is 12.7 Å². The molecule has 152 valence electrons. The molecule has 2 heterocycles. The molecule has 1 N–H and O–H groups in total. The molecule has 0 fully saturated rings. The molecule has 3 aromatic rings. The van der Waals surface area contributed by atoms with Crippen molar-refractivity contribution in [2.45, 2.75) is 38.7 Å². The van der Waals surface area contributed by atoms with Crippen LogP contribution in [-0.4, -0.2) is 20.2 Å². The van der Waals surface area contributed by atoms with Crippen LogP contribution in [0.3, 0.4) is 0 Å². The van der Waals surface area contributed by atoms with E-state index in [-0.39, 0.29) is 18.2 Å². The number of alkyl halides is 3. The maximum absolute atomic E-state index is 14.0. The van der Waals surface area contributed by atoms with Gasteiger partial charge in [-0.25, -0.2) is 9.07 Å². The molecule has 0 spiro atoms. The average Bonchev–Trinajstić information content (AvgIpc) is 3.30. The molecule has 0 amide bonds. The minimum Gasteiger partial charge on any atom is -0.299 e. The van der Waals surface area contributed by atoms with Crippen LogP contribution in [0.1, 0.15) is 53.3 Å². The summed E-state index contributed by atoms with van der Waals surface area (Å²) in [6, 6.07) is 5.95. The van der Waals surface area contributed by atoms with Gasteiger partial charge in [0.25, 0.3) is 0 Å². The number of rotatable bonds is 6. The highest BCUT2D eigenvalue weighted by molar-refractivity contribution is 7.10. The number of hydrogen-bond donors (Lipinski definition) is 1. The Morgan fingerprint density at radius 1 is 1.24 bits per heavy atom. The van der Waals surface area contributed by atoms with Gasteiger partial charge >= 0.3 is 6.18 Å². The van der Waals surface area contributed by atoms with Crippen molar-refractivity contribution in [3.05, 3.63) is 62.9 Å². The van der Waals surface area contributed by atoms with Crippen LogP contribution >= 0.6 is 11.3 Å². The third-order valence-corrected chi connectivity index (χ3v) is 5.12. The first-order chi connectivity index (χ1) is 13.7. The van der Waals surface area contributed by atoms with E-state index in [2.05, 4.69) is 20.8 Å². The second-order valence-corrected chi connectivity index (χ2v) is 7.50. The second-order valence-electron chi connectivity index (χ2n) is 6.59. The summed E-state index contributed by atoms with van der Waals surface area (Å²) in [6.07, 6.45) is -4.41. The molecule has 0 radical (unpaired) electrons. The van der Waals surface area contributed by atoms with E-state index in [0.717, 1.165) is 12.1 Å². The SMILES string of the molecule is CC(C)n1nnnc1C(NCc1csc(C(F)(F)F)c1)c1cc(F)cc(C#N)c1. The van der Waals surface area contributed by atoms with E-state index < -0.39 is 22.9 Å². The molecule has 1 atom stereocenters. The topological polar surface area (TPSA) is 79.4 Å². The zero-order valence-electron chi connectivity index (χ0n) is 15.4. The van der Waals surface area contributed by atoms with Crippen LogP contribution in [0.5, 0.6) is 0 Å². The molecule has 0 saturated heterocycles. The van der Waals surface area contributed by atoms with Crippen molar-refractivity contribution in [1.82, 2.24) is 25.5 Å².